The van der Waals surface area contributed by atoms with Crippen LogP contribution in [0.5, 0.6) is 0 Å². The van der Waals surface area contributed by atoms with Crippen LogP contribution in [0, 0.1) is 5.92 Å². The summed E-state index contributed by atoms with van der Waals surface area (Å²) in [6.45, 7) is 3.10. The van der Waals surface area contributed by atoms with Gasteiger partial charge in [-0.2, -0.15) is 0 Å². The topological polar surface area (TPSA) is 105 Å². The zero-order valence-electron chi connectivity index (χ0n) is 20.4. The minimum atomic E-state index is -1.38. The highest BCUT2D eigenvalue weighted by Gasteiger charge is 2.33. The van der Waals surface area contributed by atoms with Gasteiger partial charge in [0.25, 0.3) is 0 Å². The highest BCUT2D eigenvalue weighted by molar-refractivity contribution is 5.86. The molecular weight excluding hydrogens is 444 g/mol. The number of hydrogen-bond donors (Lipinski definition) is 3. The summed E-state index contributed by atoms with van der Waals surface area (Å²) in [6, 6.07) is 15.9. The highest BCUT2D eigenvalue weighted by atomic mass is 16.5. The van der Waals surface area contributed by atoms with E-state index in [1.54, 1.807) is 0 Å². The Balaban J connectivity index is 1.42. The smallest absolute Gasteiger partial charge is 0.407 e. The molecule has 0 bridgehead atoms. The second-order valence-corrected chi connectivity index (χ2v) is 10.2. The van der Waals surface area contributed by atoms with Gasteiger partial charge in [-0.05, 0) is 54.9 Å². The van der Waals surface area contributed by atoms with Gasteiger partial charge in [0.1, 0.15) is 12.1 Å². The van der Waals surface area contributed by atoms with Gasteiger partial charge in [-0.1, -0.05) is 67.8 Å². The Morgan fingerprint density at radius 2 is 1.54 bits per heavy atom. The lowest BCUT2D eigenvalue weighted by Crippen LogP contribution is -2.52. The molecule has 1 unspecified atom stereocenters. The van der Waals surface area contributed by atoms with Crippen molar-refractivity contribution >= 4 is 18.0 Å². The predicted octanol–water partition coefficient (Wildman–Crippen LogP) is 4.84. The number of carboxylic acid groups (broad SMARTS) is 1. The zero-order valence-corrected chi connectivity index (χ0v) is 20.4. The van der Waals surface area contributed by atoms with Crippen LogP contribution in [0.1, 0.15) is 69.4 Å². The summed E-state index contributed by atoms with van der Waals surface area (Å²) in [6.07, 6.45) is 4.56. The second kappa shape index (κ2) is 10.5. The van der Waals surface area contributed by atoms with E-state index in [-0.39, 0.29) is 24.9 Å². The molecule has 1 saturated carbocycles. The lowest BCUT2D eigenvalue weighted by Gasteiger charge is -2.31. The molecule has 1 atom stereocenters. The molecule has 0 spiro atoms. The number of hydrogen-bond acceptors (Lipinski definition) is 4. The molecule has 0 saturated heterocycles. The first-order valence-electron chi connectivity index (χ1n) is 12.4. The maximum absolute atomic E-state index is 12.9. The zero-order chi connectivity index (χ0) is 25.0. The third-order valence-electron chi connectivity index (χ3n) is 7.26. The summed E-state index contributed by atoms with van der Waals surface area (Å²) < 4.78 is 5.71. The van der Waals surface area contributed by atoms with E-state index in [4.69, 9.17) is 4.74 Å². The van der Waals surface area contributed by atoms with E-state index in [1.807, 2.05) is 24.3 Å². The average Bonchev–Trinajstić information content (AvgIpc) is 3.16. The molecule has 0 heterocycles. The van der Waals surface area contributed by atoms with Crippen LogP contribution in [-0.4, -0.2) is 41.3 Å². The lowest BCUT2D eigenvalue weighted by molar-refractivity contribution is -0.146. The number of ether oxygens (including phenoxy) is 1. The molecule has 1 fully saturated rings. The summed E-state index contributed by atoms with van der Waals surface area (Å²) in [5.74, 6) is -1.39. The quantitative estimate of drug-likeness (QED) is 0.503. The van der Waals surface area contributed by atoms with Crippen molar-refractivity contribution in [1.29, 1.82) is 0 Å². The van der Waals surface area contributed by atoms with Crippen molar-refractivity contribution in [3.05, 3.63) is 59.7 Å². The molecule has 2 aliphatic rings. The first kappa shape index (κ1) is 24.8. The molecule has 2 amide bonds. The van der Waals surface area contributed by atoms with Gasteiger partial charge < -0.3 is 20.5 Å². The van der Waals surface area contributed by atoms with Gasteiger partial charge in [-0.15, -0.1) is 0 Å². The van der Waals surface area contributed by atoms with E-state index in [2.05, 4.69) is 34.9 Å². The number of alkyl carbamates (subject to hydrolysis) is 1. The Morgan fingerprint density at radius 3 is 2.11 bits per heavy atom. The summed E-state index contributed by atoms with van der Waals surface area (Å²) >= 11 is 0. The first-order valence-corrected chi connectivity index (χ1v) is 12.4. The van der Waals surface area contributed by atoms with Gasteiger partial charge in [0.2, 0.25) is 5.91 Å². The van der Waals surface area contributed by atoms with Crippen molar-refractivity contribution in [2.45, 2.75) is 69.9 Å². The molecule has 2 aromatic rings. The number of aliphatic carboxylic acids is 1. The van der Waals surface area contributed by atoms with Crippen LogP contribution in [0.15, 0.2) is 48.5 Å². The molecule has 4 rings (SSSR count). The molecule has 0 aromatic heterocycles. The van der Waals surface area contributed by atoms with Crippen LogP contribution in [0.25, 0.3) is 11.1 Å². The normalized spacial score (nSPS) is 16.6. The first-order chi connectivity index (χ1) is 16.8. The molecular formula is C28H34N2O5. The Kier molecular flexibility index (Phi) is 7.43. The van der Waals surface area contributed by atoms with E-state index in [0.717, 1.165) is 54.4 Å². The highest BCUT2D eigenvalue weighted by Crippen LogP contribution is 2.44. The van der Waals surface area contributed by atoms with Crippen molar-refractivity contribution in [2.24, 2.45) is 5.92 Å². The number of amides is 2. The summed E-state index contributed by atoms with van der Waals surface area (Å²) in [5, 5.41) is 14.8. The van der Waals surface area contributed by atoms with E-state index < -0.39 is 29.6 Å². The minimum absolute atomic E-state index is 0.0194. The molecule has 0 aliphatic heterocycles. The van der Waals surface area contributed by atoms with Gasteiger partial charge >= 0.3 is 12.1 Å². The molecule has 0 radical (unpaired) electrons. The molecule has 186 valence electrons. The monoisotopic (exact) mass is 478 g/mol. The maximum Gasteiger partial charge on any atom is 0.407 e. The predicted molar refractivity (Wildman–Crippen MR) is 133 cm³/mol. The van der Waals surface area contributed by atoms with Crippen molar-refractivity contribution in [3.63, 3.8) is 0 Å². The SMILES string of the molecule is CC(C)(NC(=O)CC(NC(=O)OCC1c2ccccc2-c2ccccc21)C1CCCCC1)C(=O)O. The molecule has 7 heteroatoms. The fourth-order valence-electron chi connectivity index (χ4n) is 5.32. The van der Waals surface area contributed by atoms with Crippen molar-refractivity contribution < 1.29 is 24.2 Å². The molecule has 2 aliphatic carbocycles. The Morgan fingerprint density at radius 1 is 0.971 bits per heavy atom. The number of nitrogens with one attached hydrogen (secondary N) is 2. The van der Waals surface area contributed by atoms with Gasteiger partial charge in [0.05, 0.1) is 0 Å². The van der Waals surface area contributed by atoms with Gasteiger partial charge in [-0.25, -0.2) is 9.59 Å². The van der Waals surface area contributed by atoms with Crippen LogP contribution in [0.3, 0.4) is 0 Å². The van der Waals surface area contributed by atoms with E-state index in [9.17, 15) is 19.5 Å². The van der Waals surface area contributed by atoms with Gasteiger partial charge in [0.15, 0.2) is 0 Å². The fraction of sp³-hybridized carbons (Fsp3) is 0.464. The number of carbonyl (C=O) groups is 3. The third-order valence-corrected chi connectivity index (χ3v) is 7.26. The Labute approximate surface area is 206 Å². The maximum atomic E-state index is 12.9. The molecule has 35 heavy (non-hydrogen) atoms. The van der Waals surface area contributed by atoms with Crippen molar-refractivity contribution in [3.8, 4) is 11.1 Å². The van der Waals surface area contributed by atoms with Gasteiger partial charge in [-0.3, -0.25) is 4.79 Å². The molecule has 3 N–H and O–H groups in total. The Hall–Kier alpha value is -3.35. The number of carboxylic acids is 1. The van der Waals surface area contributed by atoms with Crippen LogP contribution < -0.4 is 10.6 Å². The van der Waals surface area contributed by atoms with Crippen LogP contribution in [0.2, 0.25) is 0 Å². The number of benzene rings is 2. The number of carbonyl (C=O) groups excluding carboxylic acids is 2. The van der Waals surface area contributed by atoms with Crippen LogP contribution in [0.4, 0.5) is 4.79 Å². The number of rotatable bonds is 8. The summed E-state index contributed by atoms with van der Waals surface area (Å²) in [7, 11) is 0. The van der Waals surface area contributed by atoms with Crippen molar-refractivity contribution in [1.82, 2.24) is 10.6 Å². The van der Waals surface area contributed by atoms with E-state index in [0.29, 0.717) is 0 Å². The van der Waals surface area contributed by atoms with E-state index in [1.165, 1.54) is 13.8 Å². The standard InChI is InChI=1S/C28H34N2O5/c1-28(2,26(32)33)30-25(31)16-24(18-10-4-3-5-11-18)29-27(34)35-17-23-21-14-8-6-12-19(21)20-13-7-9-15-22(20)23/h6-9,12-15,18,23-24H,3-5,10-11,16-17H2,1-2H3,(H,29,34)(H,30,31)(H,32,33). The molecule has 7 nitrogen and oxygen atoms in total. The lowest BCUT2D eigenvalue weighted by atomic mass is 9.82. The van der Waals surface area contributed by atoms with Crippen molar-refractivity contribution in [2.75, 3.05) is 6.61 Å². The third kappa shape index (κ3) is 5.66. The summed E-state index contributed by atoms with van der Waals surface area (Å²) in [4.78, 5) is 37.0. The number of fused-ring (bicyclic) bond motifs is 3. The van der Waals surface area contributed by atoms with Crippen LogP contribution >= 0.6 is 0 Å². The molecule has 2 aromatic carbocycles. The average molecular weight is 479 g/mol. The second-order valence-electron chi connectivity index (χ2n) is 10.2. The van der Waals surface area contributed by atoms with Crippen LogP contribution in [-0.2, 0) is 14.3 Å². The van der Waals surface area contributed by atoms with E-state index >= 15 is 0 Å². The minimum Gasteiger partial charge on any atom is -0.480 e. The largest absolute Gasteiger partial charge is 0.480 e. The van der Waals surface area contributed by atoms with Gasteiger partial charge in [0, 0.05) is 18.4 Å². The summed E-state index contributed by atoms with van der Waals surface area (Å²) in [5.41, 5.74) is 3.23. The Bertz CT molecular complexity index is 1040. The fourth-order valence-corrected chi connectivity index (χ4v) is 5.32.